The van der Waals surface area contributed by atoms with Gasteiger partial charge in [0.15, 0.2) is 5.76 Å². The lowest BCUT2D eigenvalue weighted by atomic mass is 10.2. The fourth-order valence-corrected chi connectivity index (χ4v) is 3.86. The fourth-order valence-electron chi connectivity index (χ4n) is 2.51. The Bertz CT molecular complexity index is 958. The Labute approximate surface area is 147 Å². The first-order valence-electron chi connectivity index (χ1n) is 8.00. The number of nitrogens with zero attached hydrogens (tertiary/aromatic N) is 2. The summed E-state index contributed by atoms with van der Waals surface area (Å²) in [6.07, 6.45) is 0. The molecule has 0 fully saturated rings. The van der Waals surface area contributed by atoms with Gasteiger partial charge in [-0.3, -0.25) is 0 Å². The van der Waals surface area contributed by atoms with Gasteiger partial charge < -0.3 is 8.94 Å². The average molecular weight is 360 g/mol. The summed E-state index contributed by atoms with van der Waals surface area (Å²) in [5.74, 6) is 0.803. The van der Waals surface area contributed by atoms with Gasteiger partial charge in [-0.1, -0.05) is 42.4 Å². The third kappa shape index (κ3) is 3.38. The monoisotopic (exact) mass is 360 g/mol. The van der Waals surface area contributed by atoms with Crippen LogP contribution in [0.15, 0.2) is 56.5 Å². The first-order chi connectivity index (χ1) is 11.9. The largest absolute Gasteiger partial charge is 0.440 e. The third-order valence-corrected chi connectivity index (χ3v) is 5.91. The van der Waals surface area contributed by atoms with Gasteiger partial charge in [-0.05, 0) is 31.5 Å². The molecule has 0 aliphatic rings. The standard InChI is InChI=1S/C18H20N2O4S/c1-4-20(12-15-8-6-5-7-9-15)25(21,22)17-11-10-16(23-17)18-13(2)14(3)19-24-18/h5-11H,4,12H2,1-3H3. The van der Waals surface area contributed by atoms with E-state index in [1.807, 2.05) is 44.2 Å². The summed E-state index contributed by atoms with van der Waals surface area (Å²) in [7, 11) is -3.74. The molecule has 6 nitrogen and oxygen atoms in total. The summed E-state index contributed by atoms with van der Waals surface area (Å²) in [5, 5.41) is 3.77. The van der Waals surface area contributed by atoms with Gasteiger partial charge in [-0.2, -0.15) is 4.31 Å². The lowest BCUT2D eigenvalue weighted by Gasteiger charge is -2.18. The highest BCUT2D eigenvalue weighted by molar-refractivity contribution is 7.89. The van der Waals surface area contributed by atoms with E-state index in [4.69, 9.17) is 8.94 Å². The summed E-state index contributed by atoms with van der Waals surface area (Å²) in [6, 6.07) is 12.5. The van der Waals surface area contributed by atoms with Crippen molar-refractivity contribution in [1.82, 2.24) is 9.46 Å². The predicted molar refractivity (Wildman–Crippen MR) is 93.4 cm³/mol. The van der Waals surface area contributed by atoms with Gasteiger partial charge in [0.05, 0.1) is 5.69 Å². The fraction of sp³-hybridized carbons (Fsp3) is 0.278. The summed E-state index contributed by atoms with van der Waals surface area (Å²) in [6.45, 7) is 6.10. The average Bonchev–Trinajstić information content (AvgIpc) is 3.22. The van der Waals surface area contributed by atoms with Crippen LogP contribution in [0.25, 0.3) is 11.5 Å². The molecular formula is C18H20N2O4S. The lowest BCUT2D eigenvalue weighted by molar-refractivity contribution is 0.375. The summed E-state index contributed by atoms with van der Waals surface area (Å²) >= 11 is 0. The maximum absolute atomic E-state index is 12.9. The first kappa shape index (κ1) is 17.4. The summed E-state index contributed by atoms with van der Waals surface area (Å²) in [4.78, 5) is 0. The van der Waals surface area contributed by atoms with Crippen molar-refractivity contribution in [3.05, 3.63) is 59.3 Å². The molecule has 1 aromatic carbocycles. The minimum atomic E-state index is -3.74. The van der Waals surface area contributed by atoms with Crippen LogP contribution >= 0.6 is 0 Å². The molecule has 0 bridgehead atoms. The zero-order chi connectivity index (χ0) is 18.0. The quantitative estimate of drug-likeness (QED) is 0.669. The Morgan fingerprint density at radius 3 is 2.40 bits per heavy atom. The van der Waals surface area contributed by atoms with Crippen molar-refractivity contribution in [2.75, 3.05) is 6.54 Å². The molecule has 2 heterocycles. The van der Waals surface area contributed by atoms with Gasteiger partial charge in [-0.25, -0.2) is 8.42 Å². The van der Waals surface area contributed by atoms with Crippen LogP contribution in [0.2, 0.25) is 0 Å². The smallest absolute Gasteiger partial charge is 0.276 e. The summed E-state index contributed by atoms with van der Waals surface area (Å²) < 4.78 is 38.0. The highest BCUT2D eigenvalue weighted by Gasteiger charge is 2.28. The second-order valence-corrected chi connectivity index (χ2v) is 7.63. The van der Waals surface area contributed by atoms with Crippen LogP contribution < -0.4 is 0 Å². The van der Waals surface area contributed by atoms with E-state index in [0.29, 0.717) is 18.1 Å². The highest BCUT2D eigenvalue weighted by Crippen LogP contribution is 2.30. The van der Waals surface area contributed by atoms with E-state index in [9.17, 15) is 8.42 Å². The molecule has 132 valence electrons. The number of aryl methyl sites for hydroxylation is 1. The molecule has 0 aliphatic carbocycles. The van der Waals surface area contributed by atoms with Gasteiger partial charge in [0.25, 0.3) is 10.0 Å². The highest BCUT2D eigenvalue weighted by atomic mass is 32.2. The molecule has 0 amide bonds. The SMILES string of the molecule is CCN(Cc1ccccc1)S(=O)(=O)c1ccc(-c2onc(C)c2C)o1. The van der Waals surface area contributed by atoms with Crippen molar-refractivity contribution in [3.8, 4) is 11.5 Å². The van der Waals surface area contributed by atoms with E-state index in [0.717, 1.165) is 16.8 Å². The molecule has 0 aliphatic heterocycles. The molecule has 0 radical (unpaired) electrons. The van der Waals surface area contributed by atoms with Crippen LogP contribution in [-0.4, -0.2) is 24.4 Å². The van der Waals surface area contributed by atoms with Crippen molar-refractivity contribution in [2.45, 2.75) is 32.4 Å². The van der Waals surface area contributed by atoms with Crippen LogP contribution in [0.5, 0.6) is 0 Å². The molecule has 7 heteroatoms. The van der Waals surface area contributed by atoms with Gasteiger partial charge in [0, 0.05) is 18.7 Å². The van der Waals surface area contributed by atoms with E-state index in [2.05, 4.69) is 5.16 Å². The maximum atomic E-state index is 12.9. The molecule has 0 N–H and O–H groups in total. The lowest BCUT2D eigenvalue weighted by Crippen LogP contribution is -2.30. The van der Waals surface area contributed by atoms with Gasteiger partial charge in [-0.15, -0.1) is 0 Å². The minimum absolute atomic E-state index is 0.103. The van der Waals surface area contributed by atoms with Crippen LogP contribution in [-0.2, 0) is 16.6 Å². The Morgan fingerprint density at radius 1 is 1.08 bits per heavy atom. The summed E-state index contributed by atoms with van der Waals surface area (Å²) in [5.41, 5.74) is 2.49. The van der Waals surface area contributed by atoms with Crippen molar-refractivity contribution < 1.29 is 17.4 Å². The van der Waals surface area contributed by atoms with E-state index in [-0.39, 0.29) is 11.6 Å². The van der Waals surface area contributed by atoms with Crippen LogP contribution in [0, 0.1) is 13.8 Å². The van der Waals surface area contributed by atoms with Gasteiger partial charge in [0.1, 0.15) is 0 Å². The normalized spacial score (nSPS) is 12.0. The topological polar surface area (TPSA) is 76.6 Å². The molecule has 0 atom stereocenters. The number of aromatic nitrogens is 1. The second kappa shape index (κ2) is 6.85. The van der Waals surface area contributed by atoms with Crippen LogP contribution in [0.4, 0.5) is 0 Å². The van der Waals surface area contributed by atoms with Crippen molar-refractivity contribution in [2.24, 2.45) is 0 Å². The van der Waals surface area contributed by atoms with Gasteiger partial charge in [0.2, 0.25) is 10.9 Å². The van der Waals surface area contributed by atoms with Crippen molar-refractivity contribution in [3.63, 3.8) is 0 Å². The van der Waals surface area contributed by atoms with Crippen molar-refractivity contribution >= 4 is 10.0 Å². The van der Waals surface area contributed by atoms with E-state index in [1.54, 1.807) is 13.0 Å². The number of benzene rings is 1. The molecule has 3 rings (SSSR count). The van der Waals surface area contributed by atoms with E-state index >= 15 is 0 Å². The van der Waals surface area contributed by atoms with E-state index in [1.165, 1.54) is 10.4 Å². The molecule has 0 saturated carbocycles. The number of furan rings is 1. The predicted octanol–water partition coefficient (Wildman–Crippen LogP) is 3.76. The van der Waals surface area contributed by atoms with E-state index < -0.39 is 10.0 Å². The van der Waals surface area contributed by atoms with Crippen LogP contribution in [0.1, 0.15) is 23.7 Å². The first-order valence-corrected chi connectivity index (χ1v) is 9.44. The molecule has 2 aromatic heterocycles. The van der Waals surface area contributed by atoms with Gasteiger partial charge >= 0.3 is 0 Å². The minimum Gasteiger partial charge on any atom is -0.440 e. The number of sulfonamides is 1. The number of hydrogen-bond donors (Lipinski definition) is 0. The zero-order valence-corrected chi connectivity index (χ0v) is 15.2. The number of rotatable bonds is 6. The zero-order valence-electron chi connectivity index (χ0n) is 14.4. The molecule has 0 spiro atoms. The molecule has 0 unspecified atom stereocenters. The van der Waals surface area contributed by atoms with Crippen LogP contribution in [0.3, 0.4) is 0 Å². The van der Waals surface area contributed by atoms with Crippen molar-refractivity contribution in [1.29, 1.82) is 0 Å². The molecule has 25 heavy (non-hydrogen) atoms. The maximum Gasteiger partial charge on any atom is 0.276 e. The molecule has 3 aromatic rings. The second-order valence-electron chi connectivity index (χ2n) is 5.76. The Hall–Kier alpha value is -2.38. The Balaban J connectivity index is 1.90. The third-order valence-electron chi connectivity index (χ3n) is 4.11. The number of hydrogen-bond acceptors (Lipinski definition) is 5. The molecule has 0 saturated heterocycles. The Kier molecular flexibility index (Phi) is 4.78. The Morgan fingerprint density at radius 2 is 1.80 bits per heavy atom. The molecular weight excluding hydrogens is 340 g/mol.